The SMILES string of the molecule is C=CCOc1cc(C2=NCCO2)cc(C2=NCCO2)c1. The molecule has 20 heavy (non-hydrogen) atoms. The van der Waals surface area contributed by atoms with Crippen LogP contribution in [0, 0.1) is 0 Å². The fraction of sp³-hybridized carbons (Fsp3) is 0.333. The van der Waals surface area contributed by atoms with Crippen molar-refractivity contribution in [3.05, 3.63) is 42.0 Å². The largest absolute Gasteiger partial charge is 0.490 e. The normalized spacial score (nSPS) is 17.0. The molecule has 0 saturated carbocycles. The van der Waals surface area contributed by atoms with Crippen molar-refractivity contribution in [2.45, 2.75) is 0 Å². The summed E-state index contributed by atoms with van der Waals surface area (Å²) in [5, 5.41) is 0. The first-order valence-electron chi connectivity index (χ1n) is 6.61. The number of hydrogen-bond acceptors (Lipinski definition) is 5. The maximum atomic E-state index is 5.62. The Balaban J connectivity index is 1.95. The fourth-order valence-corrected chi connectivity index (χ4v) is 2.10. The highest BCUT2D eigenvalue weighted by Gasteiger charge is 2.17. The Morgan fingerprint density at radius 3 is 2.10 bits per heavy atom. The summed E-state index contributed by atoms with van der Waals surface area (Å²) in [5.74, 6) is 2.02. The molecule has 0 aromatic heterocycles. The smallest absolute Gasteiger partial charge is 0.216 e. The van der Waals surface area contributed by atoms with E-state index in [9.17, 15) is 0 Å². The van der Waals surface area contributed by atoms with Crippen molar-refractivity contribution in [2.75, 3.05) is 32.9 Å². The lowest BCUT2D eigenvalue weighted by atomic mass is 10.1. The van der Waals surface area contributed by atoms with E-state index in [0.29, 0.717) is 44.7 Å². The lowest BCUT2D eigenvalue weighted by Gasteiger charge is -2.10. The number of rotatable bonds is 5. The Morgan fingerprint density at radius 2 is 1.65 bits per heavy atom. The molecule has 1 aromatic carbocycles. The van der Waals surface area contributed by atoms with E-state index in [1.54, 1.807) is 6.08 Å². The van der Waals surface area contributed by atoms with Crippen LogP contribution in [0.3, 0.4) is 0 Å². The average molecular weight is 272 g/mol. The Labute approximate surface area is 117 Å². The first kappa shape index (κ1) is 12.7. The molecular formula is C15H16N2O3. The monoisotopic (exact) mass is 272 g/mol. The zero-order valence-electron chi connectivity index (χ0n) is 11.2. The Bertz CT molecular complexity index is 536. The maximum Gasteiger partial charge on any atom is 0.216 e. The van der Waals surface area contributed by atoms with Gasteiger partial charge in [-0.25, -0.2) is 9.98 Å². The third-order valence-corrected chi connectivity index (χ3v) is 2.94. The van der Waals surface area contributed by atoms with Crippen LogP contribution < -0.4 is 4.74 Å². The molecule has 0 saturated heterocycles. The third kappa shape index (κ3) is 2.66. The molecule has 0 atom stereocenters. The standard InChI is InChI=1S/C15H16N2O3/c1-2-5-18-13-9-11(14-16-3-6-19-14)8-12(10-13)15-17-4-7-20-15/h2,8-10H,1,3-7H2. The van der Waals surface area contributed by atoms with Crippen LogP contribution in [0.5, 0.6) is 5.75 Å². The molecule has 0 radical (unpaired) electrons. The molecule has 0 bridgehead atoms. The summed E-state index contributed by atoms with van der Waals surface area (Å²) in [6.07, 6.45) is 1.71. The average Bonchev–Trinajstić information content (AvgIpc) is 3.17. The van der Waals surface area contributed by atoms with Gasteiger partial charge in [0.1, 0.15) is 25.6 Å². The van der Waals surface area contributed by atoms with Crippen molar-refractivity contribution in [1.29, 1.82) is 0 Å². The summed E-state index contributed by atoms with van der Waals surface area (Å²) in [6, 6.07) is 5.79. The van der Waals surface area contributed by atoms with Gasteiger partial charge in [-0.15, -0.1) is 0 Å². The molecule has 2 aliphatic heterocycles. The van der Waals surface area contributed by atoms with E-state index in [1.807, 2.05) is 18.2 Å². The van der Waals surface area contributed by atoms with Crippen LogP contribution in [0.25, 0.3) is 0 Å². The van der Waals surface area contributed by atoms with Gasteiger partial charge in [0.05, 0.1) is 13.1 Å². The third-order valence-electron chi connectivity index (χ3n) is 2.94. The number of aliphatic imine (C=N–C) groups is 2. The number of ether oxygens (including phenoxy) is 3. The van der Waals surface area contributed by atoms with Crippen LogP contribution in [0.1, 0.15) is 11.1 Å². The quantitative estimate of drug-likeness (QED) is 0.768. The summed E-state index contributed by atoms with van der Waals surface area (Å²) in [6.45, 7) is 6.74. The van der Waals surface area contributed by atoms with Crippen LogP contribution in [-0.2, 0) is 9.47 Å². The zero-order chi connectivity index (χ0) is 13.8. The molecular weight excluding hydrogens is 256 g/mol. The first-order chi connectivity index (χ1) is 9.86. The van der Waals surface area contributed by atoms with E-state index in [2.05, 4.69) is 16.6 Å². The second kappa shape index (κ2) is 5.77. The molecule has 1 aromatic rings. The highest BCUT2D eigenvalue weighted by Crippen LogP contribution is 2.21. The summed E-state index contributed by atoms with van der Waals surface area (Å²) in [4.78, 5) is 8.67. The van der Waals surface area contributed by atoms with E-state index in [1.165, 1.54) is 0 Å². The Morgan fingerprint density at radius 1 is 1.05 bits per heavy atom. The van der Waals surface area contributed by atoms with Crippen LogP contribution >= 0.6 is 0 Å². The molecule has 0 spiro atoms. The molecule has 3 rings (SSSR count). The molecule has 0 amide bonds. The van der Waals surface area contributed by atoms with E-state index in [-0.39, 0.29) is 0 Å². The number of benzene rings is 1. The molecule has 0 aliphatic carbocycles. The highest BCUT2D eigenvalue weighted by molar-refractivity contribution is 6.01. The lowest BCUT2D eigenvalue weighted by Crippen LogP contribution is -2.07. The van der Waals surface area contributed by atoms with Gasteiger partial charge in [0.25, 0.3) is 0 Å². The lowest BCUT2D eigenvalue weighted by molar-refractivity contribution is 0.344. The highest BCUT2D eigenvalue weighted by atomic mass is 16.5. The van der Waals surface area contributed by atoms with Gasteiger partial charge in [0.2, 0.25) is 11.8 Å². The van der Waals surface area contributed by atoms with Crippen molar-refractivity contribution in [2.24, 2.45) is 9.98 Å². The van der Waals surface area contributed by atoms with Crippen LogP contribution in [0.4, 0.5) is 0 Å². The second-order valence-electron chi connectivity index (χ2n) is 4.42. The minimum absolute atomic E-state index is 0.448. The van der Waals surface area contributed by atoms with Gasteiger partial charge < -0.3 is 14.2 Å². The van der Waals surface area contributed by atoms with Gasteiger partial charge in [-0.05, 0) is 18.2 Å². The van der Waals surface area contributed by atoms with Crippen LogP contribution in [0.2, 0.25) is 0 Å². The summed E-state index contributed by atoms with van der Waals surface area (Å²) in [5.41, 5.74) is 1.77. The van der Waals surface area contributed by atoms with Gasteiger partial charge in [0.15, 0.2) is 0 Å². The number of hydrogen-bond donors (Lipinski definition) is 0. The minimum Gasteiger partial charge on any atom is -0.490 e. The minimum atomic E-state index is 0.448. The van der Waals surface area contributed by atoms with E-state index < -0.39 is 0 Å². The predicted molar refractivity (Wildman–Crippen MR) is 76.8 cm³/mol. The van der Waals surface area contributed by atoms with Gasteiger partial charge in [-0.1, -0.05) is 12.7 Å². The summed E-state index contributed by atoms with van der Waals surface area (Å²) >= 11 is 0. The van der Waals surface area contributed by atoms with Crippen molar-refractivity contribution >= 4 is 11.8 Å². The molecule has 2 heterocycles. The van der Waals surface area contributed by atoms with Gasteiger partial charge >= 0.3 is 0 Å². The molecule has 0 fully saturated rings. The fourth-order valence-electron chi connectivity index (χ4n) is 2.10. The topological polar surface area (TPSA) is 52.4 Å². The van der Waals surface area contributed by atoms with E-state index >= 15 is 0 Å². The Hall–Kier alpha value is -2.30. The molecule has 0 N–H and O–H groups in total. The van der Waals surface area contributed by atoms with Gasteiger partial charge in [-0.3, -0.25) is 0 Å². The van der Waals surface area contributed by atoms with Gasteiger partial charge in [-0.2, -0.15) is 0 Å². The molecule has 5 heteroatoms. The second-order valence-corrected chi connectivity index (χ2v) is 4.42. The summed E-state index contributed by atoms with van der Waals surface area (Å²) in [7, 11) is 0. The number of nitrogens with zero attached hydrogens (tertiary/aromatic N) is 2. The molecule has 104 valence electrons. The van der Waals surface area contributed by atoms with Crippen molar-refractivity contribution in [1.82, 2.24) is 0 Å². The van der Waals surface area contributed by atoms with Crippen molar-refractivity contribution < 1.29 is 14.2 Å². The van der Waals surface area contributed by atoms with E-state index in [0.717, 1.165) is 16.9 Å². The van der Waals surface area contributed by atoms with Crippen molar-refractivity contribution in [3.8, 4) is 5.75 Å². The molecule has 2 aliphatic rings. The zero-order valence-corrected chi connectivity index (χ0v) is 11.2. The molecule has 0 unspecified atom stereocenters. The summed E-state index contributed by atoms with van der Waals surface area (Å²) < 4.78 is 16.6. The van der Waals surface area contributed by atoms with Crippen LogP contribution in [0.15, 0.2) is 40.8 Å². The van der Waals surface area contributed by atoms with E-state index in [4.69, 9.17) is 14.2 Å². The Kier molecular flexibility index (Phi) is 3.67. The maximum absolute atomic E-state index is 5.62. The molecule has 5 nitrogen and oxygen atoms in total. The van der Waals surface area contributed by atoms with Crippen LogP contribution in [-0.4, -0.2) is 44.7 Å². The first-order valence-corrected chi connectivity index (χ1v) is 6.61. The predicted octanol–water partition coefficient (Wildman–Crippen LogP) is 1.81. The van der Waals surface area contributed by atoms with Gasteiger partial charge in [0, 0.05) is 11.1 Å². The van der Waals surface area contributed by atoms with Crippen molar-refractivity contribution in [3.63, 3.8) is 0 Å².